The first kappa shape index (κ1) is 13.1. The van der Waals surface area contributed by atoms with Crippen LogP contribution in [0.25, 0.3) is 0 Å². The Kier molecular flexibility index (Phi) is 5.35. The Bertz CT molecular complexity index is 337. The van der Waals surface area contributed by atoms with E-state index in [1.165, 1.54) is 12.1 Å². The van der Waals surface area contributed by atoms with E-state index in [9.17, 15) is 4.39 Å². The lowest BCUT2D eigenvalue weighted by Gasteiger charge is -2.20. The second kappa shape index (κ2) is 6.55. The van der Waals surface area contributed by atoms with Gasteiger partial charge in [0, 0.05) is 13.1 Å². The fraction of sp³-hybridized carbons (Fsp3) is 0.417. The summed E-state index contributed by atoms with van der Waals surface area (Å²) in [5.41, 5.74) is 6.61. The third-order valence-corrected chi connectivity index (χ3v) is 2.37. The average molecular weight is 240 g/mol. The second-order valence-corrected chi connectivity index (χ2v) is 4.33. The Morgan fingerprint density at radius 1 is 1.38 bits per heavy atom. The third-order valence-electron chi connectivity index (χ3n) is 2.24. The molecule has 4 heteroatoms. The van der Waals surface area contributed by atoms with Crippen molar-refractivity contribution >= 4 is 17.2 Å². The minimum atomic E-state index is -0.208. The van der Waals surface area contributed by atoms with Gasteiger partial charge in [0.15, 0.2) is 0 Å². The molecule has 0 amide bonds. The summed E-state index contributed by atoms with van der Waals surface area (Å²) in [6, 6.07) is 6.52. The molecule has 1 aromatic carbocycles. The minimum Gasteiger partial charge on any atom is -0.392 e. The summed E-state index contributed by atoms with van der Waals surface area (Å²) in [6.07, 6.45) is 1.05. The topological polar surface area (TPSA) is 29.3 Å². The highest BCUT2D eigenvalue weighted by atomic mass is 32.1. The molecule has 88 valence electrons. The maximum absolute atomic E-state index is 12.7. The van der Waals surface area contributed by atoms with Crippen LogP contribution in [0.3, 0.4) is 0 Å². The van der Waals surface area contributed by atoms with Crippen LogP contribution in [0.4, 0.5) is 4.39 Å². The highest BCUT2D eigenvalue weighted by molar-refractivity contribution is 7.80. The fourth-order valence-corrected chi connectivity index (χ4v) is 1.78. The molecule has 0 bridgehead atoms. The summed E-state index contributed by atoms with van der Waals surface area (Å²) in [4.78, 5) is 2.66. The van der Waals surface area contributed by atoms with E-state index in [-0.39, 0.29) is 5.82 Å². The molecule has 0 saturated carbocycles. The predicted molar refractivity (Wildman–Crippen MR) is 68.8 cm³/mol. The number of nitrogens with two attached hydrogens (primary N) is 1. The van der Waals surface area contributed by atoms with E-state index in [1.807, 2.05) is 0 Å². The molecular formula is C12H17FN2S. The molecule has 0 aliphatic rings. The van der Waals surface area contributed by atoms with Gasteiger partial charge in [-0.25, -0.2) is 4.39 Å². The van der Waals surface area contributed by atoms with Crippen molar-refractivity contribution in [1.29, 1.82) is 0 Å². The SMILES string of the molecule is CCCN(CC(N)=S)Cc1ccc(F)cc1. The maximum atomic E-state index is 12.7. The molecule has 0 spiro atoms. The smallest absolute Gasteiger partial charge is 0.123 e. The summed E-state index contributed by atoms with van der Waals surface area (Å²) in [5.74, 6) is -0.208. The molecule has 16 heavy (non-hydrogen) atoms. The van der Waals surface area contributed by atoms with Crippen LogP contribution in [0.1, 0.15) is 18.9 Å². The lowest BCUT2D eigenvalue weighted by Crippen LogP contribution is -2.32. The Morgan fingerprint density at radius 3 is 2.50 bits per heavy atom. The van der Waals surface area contributed by atoms with Gasteiger partial charge >= 0.3 is 0 Å². The van der Waals surface area contributed by atoms with Gasteiger partial charge in [0.25, 0.3) is 0 Å². The second-order valence-electron chi connectivity index (χ2n) is 3.80. The highest BCUT2D eigenvalue weighted by Gasteiger charge is 2.06. The van der Waals surface area contributed by atoms with Crippen molar-refractivity contribution in [2.75, 3.05) is 13.1 Å². The van der Waals surface area contributed by atoms with Crippen LogP contribution in [0.5, 0.6) is 0 Å². The molecular weight excluding hydrogens is 223 g/mol. The van der Waals surface area contributed by atoms with Gasteiger partial charge in [0.2, 0.25) is 0 Å². The van der Waals surface area contributed by atoms with Crippen LogP contribution in [-0.4, -0.2) is 23.0 Å². The summed E-state index contributed by atoms with van der Waals surface area (Å²) in [7, 11) is 0. The molecule has 0 atom stereocenters. The lowest BCUT2D eigenvalue weighted by molar-refractivity contribution is 0.304. The Labute approximate surface area is 101 Å². The molecule has 0 saturated heterocycles. The summed E-state index contributed by atoms with van der Waals surface area (Å²) in [6.45, 7) is 4.41. The molecule has 0 fully saturated rings. The molecule has 0 unspecified atom stereocenters. The number of rotatable bonds is 6. The molecule has 0 heterocycles. The van der Waals surface area contributed by atoms with Gasteiger partial charge in [-0.3, -0.25) is 4.90 Å². The minimum absolute atomic E-state index is 0.208. The lowest BCUT2D eigenvalue weighted by atomic mass is 10.2. The molecule has 0 aromatic heterocycles. The van der Waals surface area contributed by atoms with Crippen LogP contribution < -0.4 is 5.73 Å². The van der Waals surface area contributed by atoms with Gasteiger partial charge in [-0.1, -0.05) is 31.3 Å². The van der Waals surface area contributed by atoms with Crippen LogP contribution in [0, 0.1) is 5.82 Å². The number of benzene rings is 1. The van der Waals surface area contributed by atoms with Crippen molar-refractivity contribution in [1.82, 2.24) is 4.90 Å². The first-order valence-electron chi connectivity index (χ1n) is 5.37. The van der Waals surface area contributed by atoms with Crippen LogP contribution in [0.2, 0.25) is 0 Å². The van der Waals surface area contributed by atoms with Gasteiger partial charge in [-0.05, 0) is 30.7 Å². The zero-order chi connectivity index (χ0) is 12.0. The van der Waals surface area contributed by atoms with E-state index in [1.54, 1.807) is 12.1 Å². The first-order valence-corrected chi connectivity index (χ1v) is 5.77. The Balaban J connectivity index is 2.59. The zero-order valence-corrected chi connectivity index (χ0v) is 10.3. The normalized spacial score (nSPS) is 10.7. The third kappa shape index (κ3) is 4.68. The van der Waals surface area contributed by atoms with E-state index in [4.69, 9.17) is 18.0 Å². The van der Waals surface area contributed by atoms with Crippen molar-refractivity contribution in [3.63, 3.8) is 0 Å². The molecule has 2 N–H and O–H groups in total. The van der Waals surface area contributed by atoms with Gasteiger partial charge < -0.3 is 5.73 Å². The van der Waals surface area contributed by atoms with Gasteiger partial charge in [-0.15, -0.1) is 0 Å². The van der Waals surface area contributed by atoms with Crippen molar-refractivity contribution in [2.45, 2.75) is 19.9 Å². The van der Waals surface area contributed by atoms with E-state index < -0.39 is 0 Å². The first-order chi connectivity index (χ1) is 7.61. The van der Waals surface area contributed by atoms with E-state index >= 15 is 0 Å². The van der Waals surface area contributed by atoms with Crippen LogP contribution >= 0.6 is 12.2 Å². The molecule has 2 nitrogen and oxygen atoms in total. The van der Waals surface area contributed by atoms with E-state index in [2.05, 4.69) is 11.8 Å². The highest BCUT2D eigenvalue weighted by Crippen LogP contribution is 2.07. The number of halogens is 1. The van der Waals surface area contributed by atoms with E-state index in [0.717, 1.165) is 25.1 Å². The zero-order valence-electron chi connectivity index (χ0n) is 9.45. The number of hydrogen-bond acceptors (Lipinski definition) is 2. The predicted octanol–water partition coefficient (Wildman–Crippen LogP) is 2.32. The number of nitrogens with zero attached hydrogens (tertiary/aromatic N) is 1. The summed E-state index contributed by atoms with van der Waals surface area (Å²) >= 11 is 4.90. The quantitative estimate of drug-likeness (QED) is 0.774. The van der Waals surface area contributed by atoms with Crippen molar-refractivity contribution in [3.05, 3.63) is 35.6 Å². The summed E-state index contributed by atoms with van der Waals surface area (Å²) in [5, 5.41) is 0. The van der Waals surface area contributed by atoms with E-state index in [0.29, 0.717) is 11.5 Å². The molecule has 1 rings (SSSR count). The van der Waals surface area contributed by atoms with Crippen molar-refractivity contribution in [2.24, 2.45) is 5.73 Å². The molecule has 1 aromatic rings. The molecule has 0 aliphatic carbocycles. The van der Waals surface area contributed by atoms with Gasteiger partial charge in [-0.2, -0.15) is 0 Å². The molecule has 0 radical (unpaired) electrons. The monoisotopic (exact) mass is 240 g/mol. The van der Waals surface area contributed by atoms with Crippen LogP contribution in [-0.2, 0) is 6.54 Å². The van der Waals surface area contributed by atoms with Crippen LogP contribution in [0.15, 0.2) is 24.3 Å². The van der Waals surface area contributed by atoms with Gasteiger partial charge in [0.05, 0.1) is 4.99 Å². The Hall–Kier alpha value is -1.00. The van der Waals surface area contributed by atoms with Crippen molar-refractivity contribution < 1.29 is 4.39 Å². The maximum Gasteiger partial charge on any atom is 0.123 e. The van der Waals surface area contributed by atoms with Gasteiger partial charge in [0.1, 0.15) is 5.82 Å². The van der Waals surface area contributed by atoms with Crippen molar-refractivity contribution in [3.8, 4) is 0 Å². The standard InChI is InChI=1S/C12H17FN2S/c1-2-7-15(9-12(14)16)8-10-3-5-11(13)6-4-10/h3-6H,2,7-9H2,1H3,(H2,14,16). The number of hydrogen-bond donors (Lipinski definition) is 1. The average Bonchev–Trinajstić information content (AvgIpc) is 2.21. The Morgan fingerprint density at radius 2 is 2.00 bits per heavy atom. The summed E-state index contributed by atoms with van der Waals surface area (Å²) < 4.78 is 12.7. The molecule has 0 aliphatic heterocycles. The number of thiocarbonyl (C=S) groups is 1. The fourth-order valence-electron chi connectivity index (χ4n) is 1.60. The largest absolute Gasteiger partial charge is 0.392 e.